The van der Waals surface area contributed by atoms with Crippen LogP contribution in [0.15, 0.2) is 0 Å². The Morgan fingerprint density at radius 3 is 1.76 bits per heavy atom. The molecule has 1 unspecified atom stereocenters. The fourth-order valence-corrected chi connectivity index (χ4v) is 2.95. The van der Waals surface area contributed by atoms with Gasteiger partial charge in [0.1, 0.15) is 0 Å². The van der Waals surface area contributed by atoms with Gasteiger partial charge >= 0.3 is 0 Å². The lowest BCUT2D eigenvalue weighted by atomic mass is 9.99. The Kier molecular flexibility index (Phi) is 13.5. The maximum Gasteiger partial charge on any atom is 0.0217 e. The van der Waals surface area contributed by atoms with E-state index in [1.54, 1.807) is 0 Å². The van der Waals surface area contributed by atoms with Crippen molar-refractivity contribution < 1.29 is 0 Å². The number of nitrogens with zero attached hydrogens (tertiary/aromatic N) is 1. The molecule has 0 saturated carbocycles. The van der Waals surface area contributed by atoms with Crippen LogP contribution < -0.4 is 5.32 Å². The van der Waals surface area contributed by atoms with Crippen molar-refractivity contribution in [2.45, 2.75) is 97.6 Å². The van der Waals surface area contributed by atoms with Crippen molar-refractivity contribution in [1.29, 1.82) is 0 Å². The minimum Gasteiger partial charge on any atom is -0.312 e. The summed E-state index contributed by atoms with van der Waals surface area (Å²) in [6.07, 6.45) is 12.2. The predicted octanol–water partition coefficient (Wildman–Crippen LogP) is 5.08. The third-order valence-corrected chi connectivity index (χ3v) is 4.43. The van der Waals surface area contributed by atoms with E-state index in [-0.39, 0.29) is 0 Å². The second-order valence-corrected chi connectivity index (χ2v) is 7.34. The summed E-state index contributed by atoms with van der Waals surface area (Å²) in [5, 5.41) is 3.88. The zero-order chi connectivity index (χ0) is 16.1. The molecule has 0 fully saturated rings. The number of unbranched alkanes of at least 4 members (excludes halogenated alkanes) is 4. The molecule has 2 heteroatoms. The molecule has 0 spiro atoms. The van der Waals surface area contributed by atoms with Crippen molar-refractivity contribution in [1.82, 2.24) is 10.2 Å². The molecule has 0 saturated heterocycles. The Labute approximate surface area is 135 Å². The maximum absolute atomic E-state index is 3.88. The highest BCUT2D eigenvalue weighted by Gasteiger charge is 2.15. The summed E-state index contributed by atoms with van der Waals surface area (Å²) in [4.78, 5) is 2.39. The SMILES string of the molecule is CCCCCC(CCCCC)NCC(CC(C)C)N(C)C. The average molecular weight is 299 g/mol. The lowest BCUT2D eigenvalue weighted by molar-refractivity contribution is 0.235. The summed E-state index contributed by atoms with van der Waals surface area (Å²) in [5.74, 6) is 0.776. The molecule has 128 valence electrons. The van der Waals surface area contributed by atoms with Crippen LogP contribution in [0.25, 0.3) is 0 Å². The van der Waals surface area contributed by atoms with Crippen LogP contribution in [-0.2, 0) is 0 Å². The molecule has 2 nitrogen and oxygen atoms in total. The molecule has 0 aliphatic rings. The molecule has 0 bridgehead atoms. The van der Waals surface area contributed by atoms with Gasteiger partial charge in [-0.1, -0.05) is 66.2 Å². The highest BCUT2D eigenvalue weighted by Crippen LogP contribution is 2.13. The first-order valence-electron chi connectivity index (χ1n) is 9.41. The van der Waals surface area contributed by atoms with Crippen LogP contribution in [0.2, 0.25) is 0 Å². The van der Waals surface area contributed by atoms with Gasteiger partial charge in [-0.05, 0) is 39.3 Å². The Hall–Kier alpha value is -0.0800. The lowest BCUT2D eigenvalue weighted by Crippen LogP contribution is -2.42. The van der Waals surface area contributed by atoms with Gasteiger partial charge in [0.25, 0.3) is 0 Å². The van der Waals surface area contributed by atoms with E-state index in [0.717, 1.165) is 18.5 Å². The normalized spacial score (nSPS) is 13.6. The summed E-state index contributed by atoms with van der Waals surface area (Å²) in [6, 6.07) is 1.41. The zero-order valence-corrected chi connectivity index (χ0v) is 15.8. The van der Waals surface area contributed by atoms with E-state index < -0.39 is 0 Å². The second-order valence-electron chi connectivity index (χ2n) is 7.34. The van der Waals surface area contributed by atoms with Crippen molar-refractivity contribution in [3.8, 4) is 0 Å². The van der Waals surface area contributed by atoms with E-state index in [1.807, 2.05) is 0 Å². The van der Waals surface area contributed by atoms with Gasteiger partial charge in [-0.2, -0.15) is 0 Å². The summed E-state index contributed by atoms with van der Waals surface area (Å²) >= 11 is 0. The van der Waals surface area contributed by atoms with Crippen LogP contribution in [0.4, 0.5) is 0 Å². The number of rotatable bonds is 14. The maximum atomic E-state index is 3.88. The highest BCUT2D eigenvalue weighted by molar-refractivity contribution is 4.75. The van der Waals surface area contributed by atoms with Crippen molar-refractivity contribution >= 4 is 0 Å². The van der Waals surface area contributed by atoms with Crippen molar-refractivity contribution in [3.63, 3.8) is 0 Å². The van der Waals surface area contributed by atoms with Crippen LogP contribution in [0, 0.1) is 5.92 Å². The van der Waals surface area contributed by atoms with Gasteiger partial charge in [0.05, 0.1) is 0 Å². The molecule has 1 N–H and O–H groups in total. The minimum absolute atomic E-state index is 0.671. The third-order valence-electron chi connectivity index (χ3n) is 4.43. The van der Waals surface area contributed by atoms with E-state index in [2.05, 4.69) is 52.0 Å². The van der Waals surface area contributed by atoms with E-state index >= 15 is 0 Å². The number of nitrogens with one attached hydrogen (secondary N) is 1. The molecule has 21 heavy (non-hydrogen) atoms. The van der Waals surface area contributed by atoms with Gasteiger partial charge in [0.15, 0.2) is 0 Å². The summed E-state index contributed by atoms with van der Waals surface area (Å²) in [6.45, 7) is 10.4. The van der Waals surface area contributed by atoms with Crippen molar-refractivity contribution in [3.05, 3.63) is 0 Å². The van der Waals surface area contributed by atoms with Gasteiger partial charge < -0.3 is 10.2 Å². The molecule has 0 heterocycles. The first-order chi connectivity index (χ1) is 10.0. The molecule has 0 aliphatic heterocycles. The molecule has 0 rings (SSSR count). The van der Waals surface area contributed by atoms with Crippen LogP contribution in [0.3, 0.4) is 0 Å². The highest BCUT2D eigenvalue weighted by atomic mass is 15.1. The largest absolute Gasteiger partial charge is 0.312 e. The van der Waals surface area contributed by atoms with Gasteiger partial charge in [-0.25, -0.2) is 0 Å². The van der Waals surface area contributed by atoms with Crippen LogP contribution in [0.5, 0.6) is 0 Å². The second kappa shape index (κ2) is 13.6. The Morgan fingerprint density at radius 1 is 0.857 bits per heavy atom. The zero-order valence-electron chi connectivity index (χ0n) is 15.8. The van der Waals surface area contributed by atoms with E-state index in [0.29, 0.717) is 6.04 Å². The van der Waals surface area contributed by atoms with E-state index in [4.69, 9.17) is 0 Å². The number of hydrogen-bond donors (Lipinski definition) is 1. The standard InChI is InChI=1S/C19H42N2/c1-7-9-11-13-18(14-12-10-8-2)20-16-19(21(5)6)15-17(3)4/h17-20H,7-16H2,1-6H3. The molecule has 0 amide bonds. The lowest BCUT2D eigenvalue weighted by Gasteiger charge is -2.29. The van der Waals surface area contributed by atoms with Gasteiger partial charge in [0.2, 0.25) is 0 Å². The first-order valence-corrected chi connectivity index (χ1v) is 9.41. The summed E-state index contributed by atoms with van der Waals surface area (Å²) in [5.41, 5.74) is 0. The summed E-state index contributed by atoms with van der Waals surface area (Å²) in [7, 11) is 4.44. The Bertz CT molecular complexity index is 204. The molecular weight excluding hydrogens is 256 g/mol. The molecule has 1 atom stereocenters. The monoisotopic (exact) mass is 298 g/mol. The first kappa shape index (κ1) is 20.9. The molecule has 0 aromatic carbocycles. The van der Waals surface area contributed by atoms with Crippen LogP contribution >= 0.6 is 0 Å². The van der Waals surface area contributed by atoms with E-state index in [1.165, 1.54) is 57.8 Å². The quantitative estimate of drug-likeness (QED) is 0.450. The van der Waals surface area contributed by atoms with Gasteiger partial charge in [0, 0.05) is 18.6 Å². The fraction of sp³-hybridized carbons (Fsp3) is 1.00. The number of likely N-dealkylation sites (N-methyl/N-ethyl adjacent to an activating group) is 1. The Balaban J connectivity index is 4.20. The fourth-order valence-electron chi connectivity index (χ4n) is 2.95. The molecular formula is C19H42N2. The van der Waals surface area contributed by atoms with Gasteiger partial charge in [-0.3, -0.25) is 0 Å². The topological polar surface area (TPSA) is 15.3 Å². The smallest absolute Gasteiger partial charge is 0.0217 e. The molecule has 0 aromatic rings. The van der Waals surface area contributed by atoms with Crippen molar-refractivity contribution in [2.24, 2.45) is 5.92 Å². The Morgan fingerprint density at radius 2 is 1.38 bits per heavy atom. The molecule has 0 radical (unpaired) electrons. The predicted molar refractivity (Wildman–Crippen MR) is 97.0 cm³/mol. The molecule has 0 aromatic heterocycles. The minimum atomic E-state index is 0.671. The van der Waals surface area contributed by atoms with Crippen LogP contribution in [0.1, 0.15) is 85.5 Å². The average Bonchev–Trinajstić information content (AvgIpc) is 2.42. The van der Waals surface area contributed by atoms with E-state index in [9.17, 15) is 0 Å². The van der Waals surface area contributed by atoms with Crippen molar-refractivity contribution in [2.75, 3.05) is 20.6 Å². The third kappa shape index (κ3) is 12.2. The van der Waals surface area contributed by atoms with Crippen LogP contribution in [-0.4, -0.2) is 37.6 Å². The van der Waals surface area contributed by atoms with Gasteiger partial charge in [-0.15, -0.1) is 0 Å². The summed E-state index contributed by atoms with van der Waals surface area (Å²) < 4.78 is 0. The number of hydrogen-bond acceptors (Lipinski definition) is 2. The molecule has 0 aliphatic carbocycles.